The van der Waals surface area contributed by atoms with Crippen LogP contribution in [0.15, 0.2) is 54.6 Å². The van der Waals surface area contributed by atoms with E-state index >= 15 is 0 Å². The molecule has 4 heteroatoms. The maximum atomic E-state index is 12.4. The van der Waals surface area contributed by atoms with Gasteiger partial charge in [-0.3, -0.25) is 4.79 Å². The minimum atomic E-state index is -0.535. The number of anilines is 1. The third kappa shape index (κ3) is 8.31. The van der Waals surface area contributed by atoms with Crippen LogP contribution in [0, 0.1) is 17.8 Å². The molecule has 2 aromatic rings. The van der Waals surface area contributed by atoms with Gasteiger partial charge in [-0.2, -0.15) is 0 Å². The van der Waals surface area contributed by atoms with Gasteiger partial charge in [-0.15, -0.1) is 5.92 Å². The van der Waals surface area contributed by atoms with Crippen LogP contribution in [0.5, 0.6) is 5.75 Å². The van der Waals surface area contributed by atoms with Crippen LogP contribution < -0.4 is 10.1 Å². The van der Waals surface area contributed by atoms with E-state index in [0.29, 0.717) is 19.1 Å². The lowest BCUT2D eigenvalue weighted by atomic mass is 9.96. The van der Waals surface area contributed by atoms with Crippen molar-refractivity contribution in [2.75, 3.05) is 11.9 Å². The van der Waals surface area contributed by atoms with Crippen LogP contribution in [0.25, 0.3) is 0 Å². The molecule has 0 fully saturated rings. The summed E-state index contributed by atoms with van der Waals surface area (Å²) in [5, 5.41) is 3.51. The van der Waals surface area contributed by atoms with Gasteiger partial charge in [0.15, 0.2) is 5.78 Å². The second kappa shape index (κ2) is 12.7. The zero-order valence-electron chi connectivity index (χ0n) is 18.5. The Hall–Kier alpha value is -2.77. The van der Waals surface area contributed by atoms with E-state index in [-0.39, 0.29) is 11.8 Å². The Balaban J connectivity index is 2.11. The van der Waals surface area contributed by atoms with Crippen molar-refractivity contribution in [2.24, 2.45) is 5.92 Å². The highest BCUT2D eigenvalue weighted by Gasteiger charge is 2.27. The smallest absolute Gasteiger partial charge is 0.160 e. The molecule has 0 spiro atoms. The molecule has 160 valence electrons. The lowest BCUT2D eigenvalue weighted by Crippen LogP contribution is -2.41. The second-order valence-corrected chi connectivity index (χ2v) is 7.73. The summed E-state index contributed by atoms with van der Waals surface area (Å²) >= 11 is 0. The average molecular weight is 408 g/mol. The van der Waals surface area contributed by atoms with Crippen molar-refractivity contribution in [3.63, 3.8) is 0 Å². The van der Waals surface area contributed by atoms with Crippen LogP contribution in [0.1, 0.15) is 46.1 Å². The van der Waals surface area contributed by atoms with Gasteiger partial charge < -0.3 is 14.8 Å². The number of benzene rings is 2. The predicted octanol–water partition coefficient (Wildman–Crippen LogP) is 5.48. The van der Waals surface area contributed by atoms with E-state index in [1.807, 2.05) is 61.5 Å². The van der Waals surface area contributed by atoms with Crippen molar-refractivity contribution < 1.29 is 14.3 Å². The third-order valence-corrected chi connectivity index (χ3v) is 4.56. The number of Topliss-reactive ketones (excluding diaryl/α,β-unsaturated/α-hetero) is 1. The lowest BCUT2D eigenvalue weighted by molar-refractivity contribution is -0.130. The molecular formula is C26H33NO3. The summed E-state index contributed by atoms with van der Waals surface area (Å²) in [4.78, 5) is 12.4. The van der Waals surface area contributed by atoms with Crippen molar-refractivity contribution >= 4 is 11.5 Å². The fourth-order valence-corrected chi connectivity index (χ4v) is 3.23. The fraction of sp³-hybridized carbons (Fsp3) is 0.423. The summed E-state index contributed by atoms with van der Waals surface area (Å²) in [6, 6.07) is 17.6. The number of carbonyl (C=O) groups excluding carboxylic acids is 1. The third-order valence-electron chi connectivity index (χ3n) is 4.56. The maximum absolute atomic E-state index is 12.4. The Morgan fingerprint density at radius 1 is 1.07 bits per heavy atom. The second-order valence-electron chi connectivity index (χ2n) is 7.73. The van der Waals surface area contributed by atoms with Crippen LogP contribution in [0.2, 0.25) is 0 Å². The molecule has 0 saturated carbocycles. The largest absolute Gasteiger partial charge is 0.481 e. The van der Waals surface area contributed by atoms with Crippen LogP contribution in [0.3, 0.4) is 0 Å². The normalized spacial score (nSPS) is 12.6. The van der Waals surface area contributed by atoms with Gasteiger partial charge in [0.25, 0.3) is 0 Å². The molecule has 30 heavy (non-hydrogen) atoms. The molecule has 0 aliphatic rings. The molecule has 0 aliphatic carbocycles. The number of hydrogen-bond donors (Lipinski definition) is 1. The van der Waals surface area contributed by atoms with Crippen molar-refractivity contribution in [2.45, 2.75) is 59.3 Å². The summed E-state index contributed by atoms with van der Waals surface area (Å²) < 4.78 is 11.8. The van der Waals surface area contributed by atoms with Crippen LogP contribution >= 0.6 is 0 Å². The number of rotatable bonds is 11. The van der Waals surface area contributed by atoms with Crippen LogP contribution in [-0.4, -0.2) is 24.5 Å². The molecule has 4 nitrogen and oxygen atoms in total. The Bertz CT molecular complexity index is 836. The molecule has 2 unspecified atom stereocenters. The summed E-state index contributed by atoms with van der Waals surface area (Å²) in [7, 11) is 0. The van der Waals surface area contributed by atoms with Gasteiger partial charge in [0.2, 0.25) is 0 Å². The molecule has 0 aromatic heterocycles. The molecule has 0 amide bonds. The first-order valence-electron chi connectivity index (χ1n) is 10.6. The zero-order chi connectivity index (χ0) is 21.8. The van der Waals surface area contributed by atoms with E-state index in [1.165, 1.54) is 0 Å². The topological polar surface area (TPSA) is 47.6 Å². The maximum Gasteiger partial charge on any atom is 0.160 e. The number of ether oxygens (including phenoxy) is 2. The molecule has 0 heterocycles. The Morgan fingerprint density at radius 2 is 1.83 bits per heavy atom. The summed E-state index contributed by atoms with van der Waals surface area (Å²) in [6.07, 6.45) is 1.09. The molecule has 2 rings (SSSR count). The number of nitrogens with one attached hydrogen (secondary N) is 1. The molecule has 0 saturated heterocycles. The summed E-state index contributed by atoms with van der Waals surface area (Å²) in [5.74, 6) is 7.15. The van der Waals surface area contributed by atoms with E-state index in [0.717, 1.165) is 29.8 Å². The molecule has 2 atom stereocenters. The first-order valence-corrected chi connectivity index (χ1v) is 10.6. The molecule has 2 aromatic carbocycles. The highest BCUT2D eigenvalue weighted by Crippen LogP contribution is 2.22. The summed E-state index contributed by atoms with van der Waals surface area (Å²) in [5.41, 5.74) is 1.95. The molecule has 0 aliphatic heterocycles. The van der Waals surface area contributed by atoms with E-state index in [2.05, 4.69) is 31.0 Å². The van der Waals surface area contributed by atoms with Gasteiger partial charge in [0.05, 0.1) is 12.6 Å². The van der Waals surface area contributed by atoms with Gasteiger partial charge in [-0.1, -0.05) is 63.1 Å². The highest BCUT2D eigenvalue weighted by molar-refractivity contribution is 5.81. The first-order chi connectivity index (χ1) is 14.5. The Morgan fingerprint density at radius 3 is 2.50 bits per heavy atom. The fourth-order valence-electron chi connectivity index (χ4n) is 3.23. The molecule has 0 bridgehead atoms. The van der Waals surface area contributed by atoms with Crippen LogP contribution in [0.4, 0.5) is 5.69 Å². The van der Waals surface area contributed by atoms with E-state index in [9.17, 15) is 4.79 Å². The number of ketones is 1. The van der Waals surface area contributed by atoms with Gasteiger partial charge in [0, 0.05) is 18.2 Å². The van der Waals surface area contributed by atoms with E-state index < -0.39 is 6.10 Å². The summed E-state index contributed by atoms with van der Waals surface area (Å²) in [6.45, 7) is 8.67. The minimum Gasteiger partial charge on any atom is -0.481 e. The first kappa shape index (κ1) is 23.5. The molecular weight excluding hydrogens is 374 g/mol. The van der Waals surface area contributed by atoms with Gasteiger partial charge in [-0.25, -0.2) is 0 Å². The molecule has 0 radical (unpaired) electrons. The zero-order valence-corrected chi connectivity index (χ0v) is 18.5. The van der Waals surface area contributed by atoms with Gasteiger partial charge in [-0.05, 0) is 37.0 Å². The predicted molar refractivity (Wildman–Crippen MR) is 123 cm³/mol. The standard InChI is InChI=1S/C26H33NO3/c1-5-6-10-16-29-24-15-11-14-23(18-24)27-25(17-20(2)3)26(21(4)28)30-19-22-12-8-7-9-13-22/h7-9,11-15,18,20,25-27H,5,16-17,19H2,1-4H3. The van der Waals surface area contributed by atoms with Crippen molar-refractivity contribution in [3.05, 3.63) is 60.2 Å². The Labute approximate surface area is 181 Å². The SMILES string of the molecule is CCC#CCOc1cccc(NC(CC(C)C)C(OCc2ccccc2)C(C)=O)c1. The monoisotopic (exact) mass is 407 g/mol. The number of hydrogen-bond acceptors (Lipinski definition) is 4. The van der Waals surface area contributed by atoms with Gasteiger partial charge in [0.1, 0.15) is 18.5 Å². The Kier molecular flexibility index (Phi) is 9.97. The quantitative estimate of drug-likeness (QED) is 0.501. The van der Waals surface area contributed by atoms with Crippen molar-refractivity contribution in [1.29, 1.82) is 0 Å². The van der Waals surface area contributed by atoms with E-state index in [4.69, 9.17) is 9.47 Å². The highest BCUT2D eigenvalue weighted by atomic mass is 16.5. The van der Waals surface area contributed by atoms with E-state index in [1.54, 1.807) is 6.92 Å². The number of carbonyl (C=O) groups is 1. The van der Waals surface area contributed by atoms with Crippen molar-refractivity contribution in [1.82, 2.24) is 0 Å². The van der Waals surface area contributed by atoms with Gasteiger partial charge >= 0.3 is 0 Å². The lowest BCUT2D eigenvalue weighted by Gasteiger charge is -2.29. The van der Waals surface area contributed by atoms with Crippen molar-refractivity contribution in [3.8, 4) is 17.6 Å². The molecule has 1 N–H and O–H groups in total. The average Bonchev–Trinajstić information content (AvgIpc) is 2.72. The van der Waals surface area contributed by atoms with Crippen LogP contribution in [-0.2, 0) is 16.1 Å². The minimum absolute atomic E-state index is 0.0197.